The number of hydrogen-bond donors (Lipinski definition) is 9. The van der Waals surface area contributed by atoms with Crippen LogP contribution >= 0.6 is 12.6 Å². The van der Waals surface area contributed by atoms with Gasteiger partial charge in [0.1, 0.15) is 52.6 Å². The van der Waals surface area contributed by atoms with Gasteiger partial charge in [-0.05, 0) is 96.3 Å². The number of thiol groups is 1. The second-order valence-electron chi connectivity index (χ2n) is 24.6. The molecule has 0 fully saturated rings. The maximum Gasteiger partial charge on any atom is 0.327 e. The molecule has 0 radical (unpaired) electrons. The lowest BCUT2D eigenvalue weighted by molar-refractivity contribution is -0.387. The highest BCUT2D eigenvalue weighted by Crippen LogP contribution is 2.39. The lowest BCUT2D eigenvalue weighted by Gasteiger charge is -2.37. The predicted octanol–water partition coefficient (Wildman–Crippen LogP) is 9.64. The molecule has 0 saturated heterocycles. The number of halogens is 1. The molecule has 0 aliphatic heterocycles. The van der Waals surface area contributed by atoms with Crippen molar-refractivity contribution in [3.05, 3.63) is 285 Å². The Morgan fingerprint density at radius 3 is 1.34 bits per heavy atom. The van der Waals surface area contributed by atoms with Crippen LogP contribution in [0, 0.1) is 21.8 Å². The Bertz CT molecular complexity index is 3870. The summed E-state index contributed by atoms with van der Waals surface area (Å²) in [5.74, 6) is -9.95. The summed E-state index contributed by atoms with van der Waals surface area (Å²) in [5, 5.41) is 41.2. The lowest BCUT2D eigenvalue weighted by atomic mass is 9.77. The molecule has 8 rings (SSSR count). The quantitative estimate of drug-likeness (QED) is 0.00849. The third-order valence-electron chi connectivity index (χ3n) is 16.6. The fourth-order valence-electron chi connectivity index (χ4n) is 11.5. The van der Waals surface area contributed by atoms with Gasteiger partial charge in [0.05, 0.1) is 11.3 Å². The van der Waals surface area contributed by atoms with Crippen LogP contribution in [0.2, 0.25) is 0 Å². The minimum Gasteiger partial charge on any atom is -0.488 e. The van der Waals surface area contributed by atoms with E-state index in [0.29, 0.717) is 50.8 Å². The fourth-order valence-corrected chi connectivity index (χ4v) is 11.8. The molecule has 0 aliphatic rings. The van der Waals surface area contributed by atoms with Crippen molar-refractivity contribution >= 4 is 65.6 Å². The average Bonchev–Trinajstić information content (AvgIpc) is 0.761. The van der Waals surface area contributed by atoms with E-state index in [9.17, 15) is 34.4 Å². The largest absolute Gasteiger partial charge is 0.488 e. The molecular weight excluding hydrogens is 1270 g/mol. The topological polar surface area (TPSA) is 293 Å². The number of benzene rings is 8. The van der Waals surface area contributed by atoms with Crippen molar-refractivity contribution in [1.82, 2.24) is 37.2 Å². The number of nitro groups is 1. The lowest BCUT2D eigenvalue weighted by Crippen LogP contribution is -2.61. The van der Waals surface area contributed by atoms with Gasteiger partial charge in [-0.3, -0.25) is 43.7 Å². The second kappa shape index (κ2) is 33.6. The summed E-state index contributed by atoms with van der Waals surface area (Å²) >= 11 is 4.16. The van der Waals surface area contributed by atoms with E-state index >= 15 is 23.6 Å². The number of carboxylic acid groups (broad SMARTS) is 1. The number of nitrogens with one attached hydrogen (secondary N) is 7. The minimum absolute atomic E-state index is 0.218. The highest BCUT2D eigenvalue weighted by molar-refractivity contribution is 7.80. The number of carboxylic acids is 1. The Balaban J connectivity index is 1.17. The van der Waals surface area contributed by atoms with Crippen LogP contribution in [0.3, 0.4) is 0 Å². The van der Waals surface area contributed by atoms with E-state index < -0.39 is 142 Å². The van der Waals surface area contributed by atoms with E-state index in [1.807, 2.05) is 166 Å². The highest BCUT2D eigenvalue weighted by atomic mass is 32.1. The molecule has 8 N–H and O–H groups in total. The van der Waals surface area contributed by atoms with Crippen molar-refractivity contribution in [2.75, 3.05) is 5.75 Å². The molecule has 0 spiro atoms. The monoisotopic (exact) mass is 1350 g/mol. The zero-order valence-electron chi connectivity index (χ0n) is 54.8. The van der Waals surface area contributed by atoms with Gasteiger partial charge >= 0.3 is 11.7 Å². The number of rotatable bonds is 31. The smallest absolute Gasteiger partial charge is 0.327 e. The first-order valence-electron chi connectivity index (χ1n) is 32.0. The van der Waals surface area contributed by atoms with Gasteiger partial charge < -0.3 is 47.1 Å². The number of nitrogens with zero attached hydrogens (tertiary/aromatic N) is 1. The molecule has 20 nitrogen and oxygen atoms in total. The van der Waals surface area contributed by atoms with E-state index in [1.54, 1.807) is 74.5 Å². The second-order valence-corrected chi connectivity index (χ2v) is 25.0. The summed E-state index contributed by atoms with van der Waals surface area (Å²) in [6.45, 7) is 8.96. The van der Waals surface area contributed by atoms with Crippen LogP contribution in [0.1, 0.15) is 110 Å². The van der Waals surface area contributed by atoms with Gasteiger partial charge in [-0.1, -0.05) is 214 Å². The van der Waals surface area contributed by atoms with Gasteiger partial charge in [0.2, 0.25) is 41.3 Å². The van der Waals surface area contributed by atoms with Crippen LogP contribution in [0.15, 0.2) is 224 Å². The molecule has 98 heavy (non-hydrogen) atoms. The molecule has 0 aliphatic carbocycles. The zero-order chi connectivity index (χ0) is 70.6. The number of amides is 7. The van der Waals surface area contributed by atoms with Gasteiger partial charge in [0, 0.05) is 30.2 Å². The van der Waals surface area contributed by atoms with Crippen LogP contribution < -0.4 is 42.0 Å². The normalized spacial score (nSPS) is 13.3. The summed E-state index contributed by atoms with van der Waals surface area (Å²) < 4.78 is 21.0. The summed E-state index contributed by atoms with van der Waals surface area (Å²) in [5.41, 5.74) is -0.222. The summed E-state index contributed by atoms with van der Waals surface area (Å²) in [6, 6.07) is 55.6. The number of nitro benzene ring substituents is 1. The standard InChI is InChI=1S/C76H79FN8O12S/c1-6-49(2)67(82-71(91)61(45-50-37-40-58(41-38-50)97-74(3,4)5)79-68(88)51-39-43-64(85(95)96)59(77)46-51)72(92)78-60(42-44-65(86)83-75(52-25-13-7-14-26-52,53-27-15-8-16-28-53)54-29-17-9-18-30-54)69(89)80-62(70(90)81-63(48-98)73(93)94)47-66(87)84-76(55-31-19-10-20-32-55,56-33-21-11-22-34-56)57-35-23-12-24-36-57/h7-41,43,46,49,60-63,67,98H,6,42,44-45,47-48H2,1-5H3,(H,78,92)(H,79,88)(H,80,89)(H,81,90)(H,82,91)(H,83,86)(H,84,87)(H,93,94)/t49-,60-,61-,62-,63-,67-/m0/s1. The summed E-state index contributed by atoms with van der Waals surface area (Å²) in [4.78, 5) is 128. The first-order chi connectivity index (χ1) is 47.0. The molecule has 7 amide bonds. The number of carbonyl (C=O) groups excluding carboxylic acids is 7. The van der Waals surface area contributed by atoms with Crippen LogP contribution in [-0.2, 0) is 51.1 Å². The molecule has 0 bridgehead atoms. The first-order valence-corrected chi connectivity index (χ1v) is 32.6. The summed E-state index contributed by atoms with van der Waals surface area (Å²) in [6.07, 6.45) is -1.79. The molecule has 508 valence electrons. The minimum atomic E-state index is -1.88. The molecule has 22 heteroatoms. The Morgan fingerprint density at radius 2 is 0.939 bits per heavy atom. The van der Waals surface area contributed by atoms with Gasteiger partial charge in [-0.15, -0.1) is 0 Å². The highest BCUT2D eigenvalue weighted by Gasteiger charge is 2.42. The Kier molecular flexibility index (Phi) is 25.0. The van der Waals surface area contributed by atoms with E-state index in [0.717, 1.165) is 12.1 Å². The number of aliphatic carboxylic acids is 1. The number of carbonyl (C=O) groups is 8. The Hall–Kier alpha value is -11.0. The molecule has 0 heterocycles. The summed E-state index contributed by atoms with van der Waals surface area (Å²) in [7, 11) is 0. The number of ether oxygens (including phenoxy) is 1. The van der Waals surface area contributed by atoms with Crippen molar-refractivity contribution < 1.29 is 57.5 Å². The first kappa shape index (κ1) is 72.8. The van der Waals surface area contributed by atoms with Gasteiger partial charge in [-0.2, -0.15) is 17.0 Å². The molecule has 8 aromatic carbocycles. The van der Waals surface area contributed by atoms with Crippen LogP contribution in [0.4, 0.5) is 10.1 Å². The van der Waals surface area contributed by atoms with Crippen molar-refractivity contribution in [3.63, 3.8) is 0 Å². The van der Waals surface area contributed by atoms with E-state index in [2.05, 4.69) is 49.8 Å². The Morgan fingerprint density at radius 1 is 0.531 bits per heavy atom. The van der Waals surface area contributed by atoms with Gasteiger partial charge in [0.15, 0.2) is 0 Å². The zero-order valence-corrected chi connectivity index (χ0v) is 55.7. The molecule has 0 unspecified atom stereocenters. The predicted molar refractivity (Wildman–Crippen MR) is 372 cm³/mol. The fraction of sp³-hybridized carbons (Fsp3) is 0.263. The molecule has 0 aromatic heterocycles. The van der Waals surface area contributed by atoms with Crippen LogP contribution in [0.5, 0.6) is 5.75 Å². The maximum atomic E-state index is 15.5. The van der Waals surface area contributed by atoms with Crippen molar-refractivity contribution in [2.24, 2.45) is 5.92 Å². The van der Waals surface area contributed by atoms with Gasteiger partial charge in [-0.25, -0.2) is 4.79 Å². The molecule has 0 saturated carbocycles. The number of hydrogen-bond acceptors (Lipinski definition) is 12. The van der Waals surface area contributed by atoms with E-state index in [-0.39, 0.29) is 18.4 Å². The van der Waals surface area contributed by atoms with Crippen molar-refractivity contribution in [3.8, 4) is 5.75 Å². The van der Waals surface area contributed by atoms with Crippen molar-refractivity contribution in [2.45, 2.75) is 114 Å². The molecule has 8 aromatic rings. The SMILES string of the molecule is CC[C@H](C)[C@H](NC(=O)[C@H](Cc1ccc(OC(C)(C)C)cc1)NC(=O)c1ccc([N+](=O)[O-])c(F)c1)C(=O)N[C@@H](CCC(=O)NC(c1ccccc1)(c1ccccc1)c1ccccc1)C(=O)N[C@@H](CC(=O)NC(c1ccccc1)(c1ccccc1)c1ccccc1)C(=O)N[C@@H](CS)C(=O)O. The average molecular weight is 1350 g/mol. The van der Waals surface area contributed by atoms with Crippen LogP contribution in [-0.4, -0.2) is 98.9 Å². The molecular formula is C76H79FN8O12S. The maximum absolute atomic E-state index is 15.5. The molecule has 6 atom stereocenters. The van der Waals surface area contributed by atoms with Crippen LogP contribution in [0.25, 0.3) is 0 Å². The van der Waals surface area contributed by atoms with E-state index in [4.69, 9.17) is 4.74 Å². The van der Waals surface area contributed by atoms with Crippen molar-refractivity contribution in [1.29, 1.82) is 0 Å². The third-order valence-corrected chi connectivity index (χ3v) is 17.0. The third kappa shape index (κ3) is 18.5. The van der Waals surface area contributed by atoms with Gasteiger partial charge in [0.25, 0.3) is 5.91 Å². The Labute approximate surface area is 573 Å². The van der Waals surface area contributed by atoms with E-state index in [1.165, 1.54) is 0 Å².